The molecule has 0 radical (unpaired) electrons. The quantitative estimate of drug-likeness (QED) is 0.226. The number of hydrogen-bond acceptors (Lipinski definition) is 5. The Balaban J connectivity index is 1.25. The van der Waals surface area contributed by atoms with E-state index in [9.17, 15) is 4.79 Å². The summed E-state index contributed by atoms with van der Waals surface area (Å²) in [7, 11) is 0. The van der Waals surface area contributed by atoms with Crippen molar-refractivity contribution in [2.24, 2.45) is 0 Å². The molecule has 2 aliphatic rings. The molecule has 1 amide bonds. The van der Waals surface area contributed by atoms with Crippen molar-refractivity contribution in [3.05, 3.63) is 82.9 Å². The van der Waals surface area contributed by atoms with Crippen molar-refractivity contribution < 1.29 is 14.3 Å². The van der Waals surface area contributed by atoms with E-state index in [2.05, 4.69) is 80.0 Å². The molecular formula is C36H47N3O3. The summed E-state index contributed by atoms with van der Waals surface area (Å²) in [4.78, 5) is 20.4. The third-order valence-corrected chi connectivity index (χ3v) is 8.80. The van der Waals surface area contributed by atoms with Crippen LogP contribution in [-0.4, -0.2) is 61.3 Å². The van der Waals surface area contributed by atoms with Gasteiger partial charge in [0.1, 0.15) is 0 Å². The van der Waals surface area contributed by atoms with E-state index < -0.39 is 0 Å². The highest BCUT2D eigenvalue weighted by Gasteiger charge is 2.27. The average molecular weight is 570 g/mol. The van der Waals surface area contributed by atoms with Crippen molar-refractivity contribution >= 4 is 17.3 Å². The molecule has 224 valence electrons. The zero-order valence-corrected chi connectivity index (χ0v) is 25.9. The van der Waals surface area contributed by atoms with Crippen molar-refractivity contribution in [2.45, 2.75) is 72.3 Å². The Morgan fingerprint density at radius 2 is 1.62 bits per heavy atom. The van der Waals surface area contributed by atoms with Crippen LogP contribution in [0, 0.1) is 13.8 Å². The molecule has 5 rings (SSSR count). The standard InChI is InChI=1S/C36H47N3O3/c1-5-20-38(21-6-2)36(40)30-13-15-31(16-14-30)39(33-11-7-9-27(3)28(33)4)32-18-23-37(24-19-32)22-8-10-29-12-17-34-35(25-29)42-26-41-34/h7,9,11-17,25,32H,5-6,8,10,18-24,26H2,1-4H3. The van der Waals surface area contributed by atoms with Gasteiger partial charge in [-0.15, -0.1) is 0 Å². The first kappa shape index (κ1) is 30.0. The number of amides is 1. The van der Waals surface area contributed by atoms with Gasteiger partial charge >= 0.3 is 0 Å². The number of rotatable bonds is 12. The molecule has 0 aromatic heterocycles. The molecule has 0 atom stereocenters. The molecule has 1 fully saturated rings. The Kier molecular flexibility index (Phi) is 10.1. The number of anilines is 2. The maximum absolute atomic E-state index is 13.2. The van der Waals surface area contributed by atoms with Crippen molar-refractivity contribution in [3.63, 3.8) is 0 Å². The van der Waals surface area contributed by atoms with Crippen molar-refractivity contribution in [1.82, 2.24) is 9.80 Å². The van der Waals surface area contributed by atoms with Crippen molar-refractivity contribution in [3.8, 4) is 11.5 Å². The second-order valence-electron chi connectivity index (χ2n) is 11.8. The van der Waals surface area contributed by atoms with Gasteiger partial charge in [-0.25, -0.2) is 0 Å². The number of benzene rings is 3. The SMILES string of the molecule is CCCN(CCC)C(=O)c1ccc(N(c2cccc(C)c2C)C2CCN(CCCc3ccc4c(c3)OCO4)CC2)cc1. The Labute approximate surface area is 252 Å². The predicted octanol–water partition coefficient (Wildman–Crippen LogP) is 7.53. The largest absolute Gasteiger partial charge is 0.454 e. The van der Waals surface area contributed by atoms with Gasteiger partial charge in [-0.1, -0.05) is 32.0 Å². The van der Waals surface area contributed by atoms with Crippen LogP contribution < -0.4 is 14.4 Å². The molecule has 3 aromatic rings. The van der Waals surface area contributed by atoms with E-state index in [1.165, 1.54) is 28.1 Å². The van der Waals surface area contributed by atoms with E-state index in [0.29, 0.717) is 12.8 Å². The van der Waals surface area contributed by atoms with E-state index in [-0.39, 0.29) is 5.91 Å². The van der Waals surface area contributed by atoms with E-state index in [1.54, 1.807) is 0 Å². The first-order chi connectivity index (χ1) is 20.5. The molecule has 3 aromatic carbocycles. The number of aryl methyl sites for hydroxylation is 2. The second kappa shape index (κ2) is 14.1. The van der Waals surface area contributed by atoms with Crippen molar-refractivity contribution in [2.75, 3.05) is 44.4 Å². The fraction of sp³-hybridized carbons (Fsp3) is 0.472. The van der Waals surface area contributed by atoms with Crippen LogP contribution in [0.4, 0.5) is 11.4 Å². The number of ether oxygens (including phenoxy) is 2. The molecule has 2 heterocycles. The lowest BCUT2D eigenvalue weighted by Gasteiger charge is -2.40. The van der Waals surface area contributed by atoms with E-state index in [4.69, 9.17) is 9.47 Å². The van der Waals surface area contributed by atoms with E-state index >= 15 is 0 Å². The minimum absolute atomic E-state index is 0.137. The van der Waals surface area contributed by atoms with Crippen LogP contribution in [0.2, 0.25) is 0 Å². The van der Waals surface area contributed by atoms with Crippen LogP contribution in [0.1, 0.15) is 73.0 Å². The maximum atomic E-state index is 13.2. The summed E-state index contributed by atoms with van der Waals surface area (Å²) in [5.41, 5.74) is 7.15. The van der Waals surface area contributed by atoms with Gasteiger partial charge in [0, 0.05) is 49.2 Å². The number of hydrogen-bond donors (Lipinski definition) is 0. The zero-order chi connectivity index (χ0) is 29.5. The fourth-order valence-corrected chi connectivity index (χ4v) is 6.35. The Morgan fingerprint density at radius 1 is 0.905 bits per heavy atom. The van der Waals surface area contributed by atoms with Crippen LogP contribution in [0.5, 0.6) is 11.5 Å². The van der Waals surface area contributed by atoms with E-state index in [1.807, 2.05) is 23.1 Å². The highest BCUT2D eigenvalue weighted by atomic mass is 16.7. The summed E-state index contributed by atoms with van der Waals surface area (Å²) in [6, 6.07) is 21.7. The van der Waals surface area contributed by atoms with Gasteiger partial charge in [0.25, 0.3) is 5.91 Å². The second-order valence-corrected chi connectivity index (χ2v) is 11.8. The molecule has 42 heavy (non-hydrogen) atoms. The van der Waals surface area contributed by atoms with Crippen LogP contribution in [0.25, 0.3) is 0 Å². The smallest absolute Gasteiger partial charge is 0.253 e. The molecule has 2 aliphatic heterocycles. The monoisotopic (exact) mass is 569 g/mol. The summed E-state index contributed by atoms with van der Waals surface area (Å²) in [6.45, 7) is 13.9. The van der Waals surface area contributed by atoms with Gasteiger partial charge in [0.15, 0.2) is 11.5 Å². The predicted molar refractivity (Wildman–Crippen MR) is 171 cm³/mol. The molecule has 0 unspecified atom stereocenters. The summed E-state index contributed by atoms with van der Waals surface area (Å²) < 4.78 is 11.0. The zero-order valence-electron chi connectivity index (χ0n) is 25.9. The molecule has 0 N–H and O–H groups in total. The third-order valence-electron chi connectivity index (χ3n) is 8.80. The minimum atomic E-state index is 0.137. The number of fused-ring (bicyclic) bond motifs is 1. The minimum Gasteiger partial charge on any atom is -0.454 e. The number of carbonyl (C=O) groups excluding carboxylic acids is 1. The summed E-state index contributed by atoms with van der Waals surface area (Å²) in [5.74, 6) is 1.86. The molecule has 0 bridgehead atoms. The van der Waals surface area contributed by atoms with Crippen LogP contribution in [0.3, 0.4) is 0 Å². The number of piperidine rings is 1. The lowest BCUT2D eigenvalue weighted by atomic mass is 9.98. The van der Waals surface area contributed by atoms with Gasteiger partial charge in [0.05, 0.1) is 0 Å². The fourth-order valence-electron chi connectivity index (χ4n) is 6.35. The van der Waals surface area contributed by atoms with E-state index in [0.717, 1.165) is 88.3 Å². The molecular weight excluding hydrogens is 522 g/mol. The van der Waals surface area contributed by atoms with Gasteiger partial charge in [-0.3, -0.25) is 4.79 Å². The molecule has 6 nitrogen and oxygen atoms in total. The van der Waals surface area contributed by atoms with Gasteiger partial charge in [-0.2, -0.15) is 0 Å². The van der Waals surface area contributed by atoms with Gasteiger partial charge in [-0.05, 0) is 118 Å². The number of likely N-dealkylation sites (tertiary alicyclic amines) is 1. The Hall–Kier alpha value is -3.51. The van der Waals surface area contributed by atoms with Crippen LogP contribution in [-0.2, 0) is 6.42 Å². The first-order valence-electron chi connectivity index (χ1n) is 15.8. The normalized spacial score (nSPS) is 15.1. The lowest BCUT2D eigenvalue weighted by molar-refractivity contribution is 0.0755. The summed E-state index contributed by atoms with van der Waals surface area (Å²) in [5, 5.41) is 0. The number of nitrogens with zero attached hydrogens (tertiary/aromatic N) is 3. The third kappa shape index (κ3) is 6.92. The molecule has 6 heteroatoms. The highest BCUT2D eigenvalue weighted by molar-refractivity contribution is 5.94. The highest BCUT2D eigenvalue weighted by Crippen LogP contribution is 2.36. The molecule has 0 spiro atoms. The van der Waals surface area contributed by atoms with Gasteiger partial charge < -0.3 is 24.2 Å². The Morgan fingerprint density at radius 3 is 2.33 bits per heavy atom. The molecule has 1 saturated heterocycles. The average Bonchev–Trinajstić information content (AvgIpc) is 3.48. The van der Waals surface area contributed by atoms with Crippen molar-refractivity contribution in [1.29, 1.82) is 0 Å². The summed E-state index contributed by atoms with van der Waals surface area (Å²) in [6.07, 6.45) is 6.35. The molecule has 0 aliphatic carbocycles. The number of carbonyl (C=O) groups is 1. The molecule has 0 saturated carbocycles. The Bertz CT molecular complexity index is 1330. The lowest BCUT2D eigenvalue weighted by Crippen LogP contribution is -2.43. The van der Waals surface area contributed by atoms with Crippen LogP contribution in [0.15, 0.2) is 60.7 Å². The first-order valence-corrected chi connectivity index (χ1v) is 15.8. The maximum Gasteiger partial charge on any atom is 0.253 e. The van der Waals surface area contributed by atoms with Gasteiger partial charge in [0.2, 0.25) is 6.79 Å². The van der Waals surface area contributed by atoms with Crippen LogP contribution >= 0.6 is 0 Å². The summed E-state index contributed by atoms with van der Waals surface area (Å²) >= 11 is 0. The topological polar surface area (TPSA) is 45.3 Å².